The Hall–Kier alpha value is -2.41. The molecule has 2 heterocycles. The largest absolute Gasteiger partial charge is 0.477 e. The summed E-state index contributed by atoms with van der Waals surface area (Å²) in [5.41, 5.74) is 0.170. The predicted octanol–water partition coefficient (Wildman–Crippen LogP) is 2.17. The summed E-state index contributed by atoms with van der Waals surface area (Å²) in [4.78, 5) is 28.2. The first-order valence-corrected chi connectivity index (χ1v) is 8.92. The van der Waals surface area contributed by atoms with Crippen LogP contribution >= 0.6 is 0 Å². The van der Waals surface area contributed by atoms with Crippen LogP contribution in [0.15, 0.2) is 23.1 Å². The van der Waals surface area contributed by atoms with Crippen molar-refractivity contribution in [2.24, 2.45) is 5.92 Å². The third-order valence-electron chi connectivity index (χ3n) is 5.60. The maximum Gasteiger partial charge on any atom is 0.341 e. The van der Waals surface area contributed by atoms with Gasteiger partial charge in [0.05, 0.1) is 11.2 Å². The molecule has 6 nitrogen and oxygen atoms in total. The predicted molar refractivity (Wildman–Crippen MR) is 97.7 cm³/mol. The van der Waals surface area contributed by atoms with Gasteiger partial charge in [-0.15, -0.1) is 0 Å². The minimum absolute atomic E-state index is 0.138. The number of nitrogens with zero attached hydrogens (tertiary/aromatic N) is 3. The lowest BCUT2D eigenvalue weighted by atomic mass is 10.1. The van der Waals surface area contributed by atoms with Crippen LogP contribution in [-0.2, 0) is 0 Å². The molecule has 2 unspecified atom stereocenters. The van der Waals surface area contributed by atoms with E-state index in [4.69, 9.17) is 0 Å². The van der Waals surface area contributed by atoms with Gasteiger partial charge in [0.15, 0.2) is 0 Å². The zero-order chi connectivity index (χ0) is 18.6. The van der Waals surface area contributed by atoms with Crippen LogP contribution in [0.2, 0.25) is 0 Å². The van der Waals surface area contributed by atoms with E-state index in [1.54, 1.807) is 6.07 Å². The van der Waals surface area contributed by atoms with E-state index in [-0.39, 0.29) is 17.0 Å². The van der Waals surface area contributed by atoms with Gasteiger partial charge in [0, 0.05) is 43.8 Å². The first-order valence-electron chi connectivity index (χ1n) is 8.92. The molecule has 1 aromatic carbocycles. The van der Waals surface area contributed by atoms with Crippen molar-refractivity contribution in [2.45, 2.75) is 19.4 Å². The molecule has 4 rings (SSSR count). The normalized spacial score (nSPS) is 23.4. The molecule has 0 radical (unpaired) electrons. The molecule has 0 amide bonds. The third kappa shape index (κ3) is 2.76. The zero-order valence-corrected chi connectivity index (χ0v) is 14.9. The van der Waals surface area contributed by atoms with Gasteiger partial charge in [0.1, 0.15) is 11.4 Å². The average molecular weight is 359 g/mol. The van der Waals surface area contributed by atoms with E-state index in [1.165, 1.54) is 12.3 Å². The highest BCUT2D eigenvalue weighted by Gasteiger charge is 2.36. The molecule has 1 saturated carbocycles. The molecule has 2 atom stereocenters. The van der Waals surface area contributed by atoms with Crippen LogP contribution in [0.1, 0.15) is 29.7 Å². The third-order valence-corrected chi connectivity index (χ3v) is 5.60. The Bertz CT molecular complexity index is 947. The second kappa shape index (κ2) is 6.09. The molecule has 1 N–H and O–H groups in total. The Kier molecular flexibility index (Phi) is 3.99. The Morgan fingerprint density at radius 2 is 1.88 bits per heavy atom. The zero-order valence-electron chi connectivity index (χ0n) is 14.9. The summed E-state index contributed by atoms with van der Waals surface area (Å²) in [5, 5.41) is 9.49. The molecule has 26 heavy (non-hydrogen) atoms. The molecule has 2 aromatic rings. The summed E-state index contributed by atoms with van der Waals surface area (Å²) in [5.74, 6) is -1.33. The summed E-state index contributed by atoms with van der Waals surface area (Å²) in [6, 6.07) is 3.08. The second-order valence-corrected chi connectivity index (χ2v) is 7.48. The van der Waals surface area contributed by atoms with E-state index in [0.29, 0.717) is 17.1 Å². The van der Waals surface area contributed by atoms with E-state index >= 15 is 0 Å². The van der Waals surface area contributed by atoms with Gasteiger partial charge in [-0.3, -0.25) is 4.79 Å². The van der Waals surface area contributed by atoms with Gasteiger partial charge in [0.2, 0.25) is 5.43 Å². The molecular weight excluding hydrogens is 337 g/mol. The number of carboxylic acid groups (broad SMARTS) is 1. The van der Waals surface area contributed by atoms with Gasteiger partial charge in [-0.2, -0.15) is 0 Å². The van der Waals surface area contributed by atoms with Crippen molar-refractivity contribution in [2.75, 3.05) is 38.1 Å². The van der Waals surface area contributed by atoms with Crippen molar-refractivity contribution in [3.05, 3.63) is 39.9 Å². The summed E-state index contributed by atoms with van der Waals surface area (Å²) < 4.78 is 16.6. The van der Waals surface area contributed by atoms with Crippen LogP contribution in [0.5, 0.6) is 0 Å². The lowest BCUT2D eigenvalue weighted by molar-refractivity contribution is 0.0695. The van der Waals surface area contributed by atoms with Crippen molar-refractivity contribution in [3.8, 4) is 0 Å². The second-order valence-electron chi connectivity index (χ2n) is 7.48. The number of hydrogen-bond acceptors (Lipinski definition) is 4. The number of hydrogen-bond donors (Lipinski definition) is 1. The SMILES string of the molecule is CC1CC1n1cc(C(=O)O)c(=O)c2cc(F)c(N3CCN(C)CC3)cc21. The van der Waals surface area contributed by atoms with Crippen molar-refractivity contribution < 1.29 is 14.3 Å². The number of aromatic carboxylic acids is 1. The molecular formula is C19H22FN3O3. The number of rotatable bonds is 3. The molecule has 7 heteroatoms. The maximum absolute atomic E-state index is 14.8. The number of carbonyl (C=O) groups is 1. The Labute approximate surface area is 150 Å². The molecule has 2 aliphatic rings. The van der Waals surface area contributed by atoms with E-state index in [1.807, 2.05) is 16.5 Å². The number of halogens is 1. The van der Waals surface area contributed by atoms with Crippen molar-refractivity contribution in [1.29, 1.82) is 0 Å². The molecule has 0 spiro atoms. The van der Waals surface area contributed by atoms with Crippen LogP contribution < -0.4 is 10.3 Å². The van der Waals surface area contributed by atoms with Crippen LogP contribution in [0.25, 0.3) is 10.9 Å². The van der Waals surface area contributed by atoms with E-state index in [0.717, 1.165) is 32.6 Å². The fraction of sp³-hybridized carbons (Fsp3) is 0.474. The number of anilines is 1. The number of fused-ring (bicyclic) bond motifs is 1. The van der Waals surface area contributed by atoms with Gasteiger partial charge in [-0.05, 0) is 31.5 Å². The number of carboxylic acids is 1. The number of benzene rings is 1. The summed E-state index contributed by atoms with van der Waals surface area (Å²) in [6.07, 6.45) is 2.35. The quantitative estimate of drug-likeness (QED) is 0.910. The first-order chi connectivity index (χ1) is 12.4. The Morgan fingerprint density at radius 1 is 1.23 bits per heavy atom. The average Bonchev–Trinajstić information content (AvgIpc) is 3.32. The van der Waals surface area contributed by atoms with E-state index < -0.39 is 17.2 Å². The topological polar surface area (TPSA) is 65.8 Å². The highest BCUT2D eigenvalue weighted by atomic mass is 19.1. The van der Waals surface area contributed by atoms with Crippen LogP contribution in [-0.4, -0.2) is 53.8 Å². The standard InChI is InChI=1S/C19H22FN3O3/c1-11-7-15(11)23-10-13(19(25)26)18(24)12-8-14(20)17(9-16(12)23)22-5-3-21(2)4-6-22/h8-11,15H,3-7H2,1-2H3,(H,25,26). The molecule has 2 fully saturated rings. The van der Waals surface area contributed by atoms with Crippen LogP contribution in [0.4, 0.5) is 10.1 Å². The van der Waals surface area contributed by atoms with Crippen molar-refractivity contribution in [1.82, 2.24) is 9.47 Å². The highest BCUT2D eigenvalue weighted by Crippen LogP contribution is 2.44. The van der Waals surface area contributed by atoms with Gasteiger partial charge in [-0.1, -0.05) is 6.92 Å². The van der Waals surface area contributed by atoms with E-state index in [2.05, 4.69) is 11.8 Å². The molecule has 1 aromatic heterocycles. The molecule has 1 aliphatic heterocycles. The Morgan fingerprint density at radius 3 is 2.46 bits per heavy atom. The smallest absolute Gasteiger partial charge is 0.341 e. The molecule has 138 valence electrons. The minimum Gasteiger partial charge on any atom is -0.477 e. The fourth-order valence-corrected chi connectivity index (χ4v) is 3.77. The van der Waals surface area contributed by atoms with Gasteiger partial charge < -0.3 is 19.5 Å². The number of aromatic nitrogens is 1. The summed E-state index contributed by atoms with van der Waals surface area (Å²) in [6.45, 7) is 5.22. The van der Waals surface area contributed by atoms with E-state index in [9.17, 15) is 19.1 Å². The first kappa shape index (κ1) is 17.0. The van der Waals surface area contributed by atoms with Gasteiger partial charge >= 0.3 is 5.97 Å². The molecule has 1 aliphatic carbocycles. The van der Waals surface area contributed by atoms with Gasteiger partial charge in [0.25, 0.3) is 0 Å². The summed E-state index contributed by atoms with van der Waals surface area (Å²) >= 11 is 0. The highest BCUT2D eigenvalue weighted by molar-refractivity contribution is 5.93. The molecule has 0 bridgehead atoms. The monoisotopic (exact) mass is 359 g/mol. The number of pyridine rings is 1. The number of piperazine rings is 1. The lowest BCUT2D eigenvalue weighted by Gasteiger charge is -2.34. The lowest BCUT2D eigenvalue weighted by Crippen LogP contribution is -2.44. The van der Waals surface area contributed by atoms with Crippen LogP contribution in [0.3, 0.4) is 0 Å². The van der Waals surface area contributed by atoms with Crippen molar-refractivity contribution >= 4 is 22.6 Å². The van der Waals surface area contributed by atoms with Crippen molar-refractivity contribution in [3.63, 3.8) is 0 Å². The Balaban J connectivity index is 1.90. The fourth-order valence-electron chi connectivity index (χ4n) is 3.77. The molecule has 1 saturated heterocycles. The maximum atomic E-state index is 14.8. The number of likely N-dealkylation sites (N-methyl/N-ethyl adjacent to an activating group) is 1. The van der Waals surface area contributed by atoms with Gasteiger partial charge in [-0.25, -0.2) is 9.18 Å². The van der Waals surface area contributed by atoms with Crippen LogP contribution in [0, 0.1) is 11.7 Å². The minimum atomic E-state index is -1.28. The summed E-state index contributed by atoms with van der Waals surface area (Å²) in [7, 11) is 2.04.